The second kappa shape index (κ2) is 11.1. The lowest BCUT2D eigenvalue weighted by molar-refractivity contribution is -0.127. The molecule has 2 aromatic heterocycles. The highest BCUT2D eigenvalue weighted by molar-refractivity contribution is 6.03. The van der Waals surface area contributed by atoms with Crippen LogP contribution in [0.5, 0.6) is 0 Å². The topological polar surface area (TPSA) is 67.7 Å². The van der Waals surface area contributed by atoms with Crippen molar-refractivity contribution in [2.24, 2.45) is 0 Å². The van der Waals surface area contributed by atoms with Crippen LogP contribution in [0.3, 0.4) is 0 Å². The largest absolute Gasteiger partial charge is 0.465 e. The number of pyridine rings is 1. The number of hydrogen-bond acceptors (Lipinski definition) is 5. The zero-order valence-electron chi connectivity index (χ0n) is 24.1. The molecule has 214 valence electrons. The number of amides is 1. The first-order valence-corrected chi connectivity index (χ1v) is 15.1. The molecule has 0 N–H and O–H groups in total. The van der Waals surface area contributed by atoms with E-state index in [4.69, 9.17) is 4.74 Å². The molecule has 1 saturated heterocycles. The third-order valence-electron chi connectivity index (χ3n) is 9.28. The smallest absolute Gasteiger partial charge is 0.337 e. The van der Waals surface area contributed by atoms with Crippen molar-refractivity contribution >= 4 is 34.5 Å². The monoisotopic (exact) mass is 560 g/mol. The Morgan fingerprint density at radius 3 is 2.43 bits per heavy atom. The quantitative estimate of drug-likeness (QED) is 0.275. The third kappa shape index (κ3) is 4.67. The third-order valence-corrected chi connectivity index (χ3v) is 9.28. The Labute approximate surface area is 246 Å². The average Bonchev–Trinajstić information content (AvgIpc) is 3.27. The summed E-state index contributed by atoms with van der Waals surface area (Å²) in [7, 11) is 1.42. The van der Waals surface area contributed by atoms with Gasteiger partial charge in [0.15, 0.2) is 0 Å². The summed E-state index contributed by atoms with van der Waals surface area (Å²) >= 11 is 0. The summed E-state index contributed by atoms with van der Waals surface area (Å²) in [5.41, 5.74) is 8.21. The molecule has 3 aliphatic rings. The molecule has 0 radical (unpaired) electrons. The van der Waals surface area contributed by atoms with Gasteiger partial charge in [-0.25, -0.2) is 4.79 Å². The maximum Gasteiger partial charge on any atom is 0.337 e. The number of piperazine rings is 1. The number of fused-ring (bicyclic) bond motifs is 5. The fourth-order valence-corrected chi connectivity index (χ4v) is 7.18. The van der Waals surface area contributed by atoms with Gasteiger partial charge in [-0.15, -0.1) is 0 Å². The van der Waals surface area contributed by atoms with E-state index in [-0.39, 0.29) is 11.9 Å². The van der Waals surface area contributed by atoms with Crippen LogP contribution < -0.4 is 4.90 Å². The van der Waals surface area contributed by atoms with Crippen LogP contribution in [-0.2, 0) is 16.1 Å². The van der Waals surface area contributed by atoms with Gasteiger partial charge in [-0.1, -0.05) is 49.6 Å². The van der Waals surface area contributed by atoms with Gasteiger partial charge in [0.05, 0.1) is 24.9 Å². The van der Waals surface area contributed by atoms with E-state index in [9.17, 15) is 9.59 Å². The minimum Gasteiger partial charge on any atom is -0.465 e. The molecule has 42 heavy (non-hydrogen) atoms. The second-order valence-electron chi connectivity index (χ2n) is 11.6. The van der Waals surface area contributed by atoms with Gasteiger partial charge in [-0.05, 0) is 60.2 Å². The molecular formula is C35H36N4O3. The zero-order valence-corrected chi connectivity index (χ0v) is 24.1. The molecule has 7 heteroatoms. The molecule has 4 heterocycles. The molecule has 7 rings (SSSR count). The summed E-state index contributed by atoms with van der Waals surface area (Å²) in [6, 6.07) is 18.4. The standard InChI is InChI=1S/C35H36N4O3/c1-42-35(41)26-11-12-30-31(22-26)39-23-27(34(40)38-19-17-37(18-20-38)28-13-15-36-16-14-28)21-25-9-5-6-10-29(25)33(39)32(30)24-7-3-2-4-8-24/h5-6,9-16,21-22,24H,2-4,7-8,17-20,23H2,1H3. The van der Waals surface area contributed by atoms with Crippen molar-refractivity contribution in [2.45, 2.75) is 44.6 Å². The van der Waals surface area contributed by atoms with E-state index in [0.717, 1.165) is 53.8 Å². The number of aromatic nitrogens is 2. The number of nitrogens with zero attached hydrogens (tertiary/aromatic N) is 4. The first kappa shape index (κ1) is 26.5. The van der Waals surface area contributed by atoms with Crippen LogP contribution in [0.4, 0.5) is 5.69 Å². The molecule has 0 atom stereocenters. The Bertz CT molecular complexity index is 1680. The van der Waals surface area contributed by atoms with E-state index in [0.29, 0.717) is 31.1 Å². The molecule has 1 amide bonds. The number of ether oxygens (including phenoxy) is 1. The fourth-order valence-electron chi connectivity index (χ4n) is 7.18. The molecule has 4 aromatic rings. The van der Waals surface area contributed by atoms with Crippen molar-refractivity contribution in [2.75, 3.05) is 38.2 Å². The first-order chi connectivity index (χ1) is 20.6. The summed E-state index contributed by atoms with van der Waals surface area (Å²) in [5.74, 6) is 0.185. The molecule has 1 aliphatic carbocycles. The molecule has 2 aliphatic heterocycles. The number of methoxy groups -OCH3 is 1. The van der Waals surface area contributed by atoms with Crippen molar-refractivity contribution in [1.82, 2.24) is 14.5 Å². The average molecular weight is 561 g/mol. The number of carbonyl (C=O) groups excluding carboxylic acids is 2. The summed E-state index contributed by atoms with van der Waals surface area (Å²) in [6.45, 7) is 3.36. The maximum atomic E-state index is 14.2. The minimum absolute atomic E-state index is 0.0808. The van der Waals surface area contributed by atoms with Crippen LogP contribution in [0.2, 0.25) is 0 Å². The molecule has 2 fully saturated rings. The highest BCUT2D eigenvalue weighted by Crippen LogP contribution is 2.46. The van der Waals surface area contributed by atoms with Crippen molar-refractivity contribution in [3.63, 3.8) is 0 Å². The first-order valence-electron chi connectivity index (χ1n) is 15.1. The van der Waals surface area contributed by atoms with Gasteiger partial charge in [0.1, 0.15) is 0 Å². The van der Waals surface area contributed by atoms with Crippen molar-refractivity contribution in [1.29, 1.82) is 0 Å². The normalized spacial score (nSPS) is 17.3. The van der Waals surface area contributed by atoms with E-state index in [1.54, 1.807) is 0 Å². The van der Waals surface area contributed by atoms with E-state index in [1.807, 2.05) is 41.6 Å². The number of hydrogen-bond donors (Lipinski definition) is 0. The Hall–Kier alpha value is -4.39. The number of carbonyl (C=O) groups is 2. The van der Waals surface area contributed by atoms with E-state index < -0.39 is 0 Å². The van der Waals surface area contributed by atoms with Crippen molar-refractivity contribution in [3.05, 3.63) is 89.3 Å². The van der Waals surface area contributed by atoms with Gasteiger partial charge in [-0.2, -0.15) is 0 Å². The predicted octanol–water partition coefficient (Wildman–Crippen LogP) is 6.28. The van der Waals surface area contributed by atoms with Crippen molar-refractivity contribution in [3.8, 4) is 11.3 Å². The van der Waals surface area contributed by atoms with Gasteiger partial charge in [0.2, 0.25) is 0 Å². The highest BCUT2D eigenvalue weighted by atomic mass is 16.5. The van der Waals surface area contributed by atoms with Crippen LogP contribution in [0, 0.1) is 0 Å². The summed E-state index contributed by atoms with van der Waals surface area (Å²) < 4.78 is 7.38. The lowest BCUT2D eigenvalue weighted by atomic mass is 9.81. The van der Waals surface area contributed by atoms with Crippen LogP contribution in [0.15, 0.2) is 72.6 Å². The van der Waals surface area contributed by atoms with E-state index in [2.05, 4.69) is 50.9 Å². The van der Waals surface area contributed by atoms with Gasteiger partial charge < -0.3 is 19.1 Å². The van der Waals surface area contributed by atoms with E-state index >= 15 is 0 Å². The maximum absolute atomic E-state index is 14.2. The molecule has 1 saturated carbocycles. The molecule has 2 aromatic carbocycles. The molecular weight excluding hydrogens is 524 g/mol. The number of esters is 1. The Morgan fingerprint density at radius 1 is 0.905 bits per heavy atom. The van der Waals surface area contributed by atoms with Crippen molar-refractivity contribution < 1.29 is 14.3 Å². The number of rotatable bonds is 4. The van der Waals surface area contributed by atoms with Crippen LogP contribution in [0.1, 0.15) is 59.5 Å². The van der Waals surface area contributed by atoms with Gasteiger partial charge in [0, 0.05) is 66.3 Å². The van der Waals surface area contributed by atoms with Gasteiger partial charge >= 0.3 is 5.97 Å². The zero-order chi connectivity index (χ0) is 28.6. The summed E-state index contributed by atoms with van der Waals surface area (Å²) in [6.07, 6.45) is 11.8. The van der Waals surface area contributed by atoms with Crippen LogP contribution >= 0.6 is 0 Å². The summed E-state index contributed by atoms with van der Waals surface area (Å²) in [4.78, 5) is 35.2. The minimum atomic E-state index is -0.348. The molecule has 0 spiro atoms. The molecule has 0 bridgehead atoms. The molecule has 0 unspecified atom stereocenters. The lowest BCUT2D eigenvalue weighted by Crippen LogP contribution is -2.49. The Morgan fingerprint density at radius 2 is 1.67 bits per heavy atom. The second-order valence-corrected chi connectivity index (χ2v) is 11.6. The van der Waals surface area contributed by atoms with Crippen LogP contribution in [0.25, 0.3) is 28.2 Å². The Balaban J connectivity index is 1.31. The van der Waals surface area contributed by atoms with Gasteiger partial charge in [-0.3, -0.25) is 9.78 Å². The predicted molar refractivity (Wildman–Crippen MR) is 166 cm³/mol. The lowest BCUT2D eigenvalue weighted by Gasteiger charge is -2.36. The number of anilines is 1. The summed E-state index contributed by atoms with van der Waals surface area (Å²) in [5, 5.41) is 1.18. The fraction of sp³-hybridized carbons (Fsp3) is 0.343. The number of benzene rings is 2. The SMILES string of the molecule is COC(=O)c1ccc2c(C3CCCCC3)c3n(c2c1)CC(C(=O)N1CCN(c2ccncc2)CC1)=Cc1ccccc1-3. The highest BCUT2D eigenvalue weighted by Gasteiger charge is 2.32. The van der Waals surface area contributed by atoms with Crippen LogP contribution in [-0.4, -0.2) is 59.6 Å². The van der Waals surface area contributed by atoms with Gasteiger partial charge in [0.25, 0.3) is 5.91 Å². The van der Waals surface area contributed by atoms with E-state index in [1.165, 1.54) is 43.0 Å². The molecule has 7 nitrogen and oxygen atoms in total. The Kier molecular flexibility index (Phi) is 7.02.